The summed E-state index contributed by atoms with van der Waals surface area (Å²) in [6.07, 6.45) is 2.70. The maximum atomic E-state index is 10.1. The van der Waals surface area contributed by atoms with Gasteiger partial charge in [-0.05, 0) is 12.8 Å². The molecule has 0 spiro atoms. The first-order chi connectivity index (χ1) is 7.11. The van der Waals surface area contributed by atoms with Crippen LogP contribution in [0, 0.1) is 5.92 Å². The maximum absolute atomic E-state index is 10.1. The van der Waals surface area contributed by atoms with Gasteiger partial charge in [-0.25, -0.2) is 4.98 Å². The first kappa shape index (κ1) is 12.2. The van der Waals surface area contributed by atoms with Crippen molar-refractivity contribution < 1.29 is 9.84 Å². The van der Waals surface area contributed by atoms with Crippen LogP contribution in [-0.4, -0.2) is 27.9 Å². The lowest BCUT2D eigenvalue weighted by Gasteiger charge is -2.24. The van der Waals surface area contributed by atoms with E-state index in [1.807, 2.05) is 31.5 Å². The van der Waals surface area contributed by atoms with Crippen LogP contribution in [-0.2, 0) is 11.3 Å². The smallest absolute Gasteiger partial charge is 0.140 e. The van der Waals surface area contributed by atoms with E-state index in [0.29, 0.717) is 5.82 Å². The van der Waals surface area contributed by atoms with E-state index in [2.05, 4.69) is 4.98 Å². The SMILES string of the molecule is CCn1ccnc1C(O)C(OC)C(C)C. The molecule has 2 atom stereocenters. The van der Waals surface area contributed by atoms with Gasteiger partial charge >= 0.3 is 0 Å². The van der Waals surface area contributed by atoms with Gasteiger partial charge in [0.25, 0.3) is 0 Å². The zero-order valence-corrected chi connectivity index (χ0v) is 9.84. The Labute approximate surface area is 90.9 Å². The van der Waals surface area contributed by atoms with Crippen molar-refractivity contribution in [2.45, 2.75) is 39.5 Å². The standard InChI is InChI=1S/C11H20N2O2/c1-5-13-7-6-12-11(13)9(14)10(15-4)8(2)3/h6-10,14H,5H2,1-4H3. The monoisotopic (exact) mass is 212 g/mol. The molecule has 1 rings (SSSR count). The van der Waals surface area contributed by atoms with E-state index in [1.54, 1.807) is 13.3 Å². The number of aromatic nitrogens is 2. The average Bonchev–Trinajstić information content (AvgIpc) is 2.65. The number of hydrogen-bond acceptors (Lipinski definition) is 3. The summed E-state index contributed by atoms with van der Waals surface area (Å²) in [6, 6.07) is 0. The second kappa shape index (κ2) is 5.28. The van der Waals surface area contributed by atoms with Gasteiger partial charge in [-0.15, -0.1) is 0 Å². The van der Waals surface area contributed by atoms with E-state index in [9.17, 15) is 5.11 Å². The number of aryl methyl sites for hydroxylation is 1. The Balaban J connectivity index is 2.87. The van der Waals surface area contributed by atoms with Gasteiger partial charge in [0, 0.05) is 26.0 Å². The Morgan fingerprint density at radius 1 is 1.53 bits per heavy atom. The Kier molecular flexibility index (Phi) is 4.29. The van der Waals surface area contributed by atoms with Gasteiger partial charge in [-0.1, -0.05) is 13.8 Å². The van der Waals surface area contributed by atoms with E-state index in [-0.39, 0.29) is 12.0 Å². The summed E-state index contributed by atoms with van der Waals surface area (Å²) >= 11 is 0. The first-order valence-electron chi connectivity index (χ1n) is 5.33. The third kappa shape index (κ3) is 2.58. The lowest BCUT2D eigenvalue weighted by atomic mass is 10.0. The molecule has 86 valence electrons. The highest BCUT2D eigenvalue weighted by atomic mass is 16.5. The molecule has 0 aromatic carbocycles. The molecule has 1 aromatic rings. The van der Waals surface area contributed by atoms with Crippen LogP contribution in [0.3, 0.4) is 0 Å². The topological polar surface area (TPSA) is 47.3 Å². The highest BCUT2D eigenvalue weighted by molar-refractivity contribution is 4.99. The van der Waals surface area contributed by atoms with Gasteiger partial charge in [0.15, 0.2) is 0 Å². The van der Waals surface area contributed by atoms with E-state index in [0.717, 1.165) is 6.54 Å². The van der Waals surface area contributed by atoms with Gasteiger partial charge in [0.2, 0.25) is 0 Å². The Morgan fingerprint density at radius 2 is 2.20 bits per heavy atom. The molecule has 1 aromatic heterocycles. The predicted molar refractivity (Wildman–Crippen MR) is 58.5 cm³/mol. The highest BCUT2D eigenvalue weighted by Gasteiger charge is 2.26. The van der Waals surface area contributed by atoms with Crippen LogP contribution in [0.1, 0.15) is 32.7 Å². The minimum atomic E-state index is -0.662. The molecule has 1 N–H and O–H groups in total. The third-order valence-corrected chi connectivity index (χ3v) is 2.59. The van der Waals surface area contributed by atoms with Crippen molar-refractivity contribution in [3.63, 3.8) is 0 Å². The van der Waals surface area contributed by atoms with E-state index in [1.165, 1.54) is 0 Å². The fourth-order valence-electron chi connectivity index (χ4n) is 1.77. The van der Waals surface area contributed by atoms with Crippen LogP contribution in [0.25, 0.3) is 0 Å². The van der Waals surface area contributed by atoms with Crippen LogP contribution in [0.5, 0.6) is 0 Å². The summed E-state index contributed by atoms with van der Waals surface area (Å²) in [6.45, 7) is 6.88. The summed E-state index contributed by atoms with van der Waals surface area (Å²) in [5.74, 6) is 0.935. The summed E-state index contributed by atoms with van der Waals surface area (Å²) in [5.41, 5.74) is 0. The predicted octanol–water partition coefficient (Wildman–Crippen LogP) is 1.61. The van der Waals surface area contributed by atoms with Gasteiger partial charge in [-0.3, -0.25) is 0 Å². The normalized spacial score (nSPS) is 15.6. The molecule has 4 heteroatoms. The van der Waals surface area contributed by atoms with Crippen LogP contribution >= 0.6 is 0 Å². The summed E-state index contributed by atoms with van der Waals surface area (Å²) in [7, 11) is 1.62. The molecule has 0 radical (unpaired) electrons. The molecule has 0 fully saturated rings. The molecule has 2 unspecified atom stereocenters. The van der Waals surface area contributed by atoms with Gasteiger partial charge < -0.3 is 14.4 Å². The van der Waals surface area contributed by atoms with Crippen LogP contribution in [0.15, 0.2) is 12.4 Å². The van der Waals surface area contributed by atoms with Crippen molar-refractivity contribution in [3.8, 4) is 0 Å². The molecule has 0 aliphatic heterocycles. The van der Waals surface area contributed by atoms with E-state index >= 15 is 0 Å². The largest absolute Gasteiger partial charge is 0.382 e. The fraction of sp³-hybridized carbons (Fsp3) is 0.727. The average molecular weight is 212 g/mol. The highest BCUT2D eigenvalue weighted by Crippen LogP contribution is 2.22. The van der Waals surface area contributed by atoms with Crippen molar-refractivity contribution >= 4 is 0 Å². The number of aliphatic hydroxyl groups excluding tert-OH is 1. The molecule has 4 nitrogen and oxygen atoms in total. The van der Waals surface area contributed by atoms with Crippen molar-refractivity contribution in [1.29, 1.82) is 0 Å². The summed E-state index contributed by atoms with van der Waals surface area (Å²) in [4.78, 5) is 4.17. The van der Waals surface area contributed by atoms with E-state index < -0.39 is 6.10 Å². The van der Waals surface area contributed by atoms with Crippen molar-refractivity contribution in [3.05, 3.63) is 18.2 Å². The van der Waals surface area contributed by atoms with Crippen molar-refractivity contribution in [2.24, 2.45) is 5.92 Å². The van der Waals surface area contributed by atoms with E-state index in [4.69, 9.17) is 4.74 Å². The number of nitrogens with zero attached hydrogens (tertiary/aromatic N) is 2. The molecular weight excluding hydrogens is 192 g/mol. The first-order valence-corrected chi connectivity index (χ1v) is 5.33. The number of aliphatic hydroxyl groups is 1. The quantitative estimate of drug-likeness (QED) is 0.806. The number of rotatable bonds is 5. The molecule has 0 saturated carbocycles. The third-order valence-electron chi connectivity index (χ3n) is 2.59. The summed E-state index contributed by atoms with van der Waals surface area (Å²) < 4.78 is 7.22. The lowest BCUT2D eigenvalue weighted by molar-refractivity contribution is -0.0442. The Bertz CT molecular complexity index is 297. The molecular formula is C11H20N2O2. The summed E-state index contributed by atoms with van der Waals surface area (Å²) in [5, 5.41) is 10.1. The molecule has 1 heterocycles. The van der Waals surface area contributed by atoms with Crippen LogP contribution < -0.4 is 0 Å². The van der Waals surface area contributed by atoms with Gasteiger partial charge in [-0.2, -0.15) is 0 Å². The van der Waals surface area contributed by atoms with Crippen LogP contribution in [0.4, 0.5) is 0 Å². The molecule has 15 heavy (non-hydrogen) atoms. The zero-order chi connectivity index (χ0) is 11.4. The van der Waals surface area contributed by atoms with Crippen LogP contribution in [0.2, 0.25) is 0 Å². The minimum Gasteiger partial charge on any atom is -0.382 e. The number of ether oxygens (including phenoxy) is 1. The molecule has 0 bridgehead atoms. The number of hydrogen-bond donors (Lipinski definition) is 1. The minimum absolute atomic E-state index is 0.210. The van der Waals surface area contributed by atoms with Gasteiger partial charge in [0.05, 0.1) is 6.10 Å². The molecule has 0 aliphatic carbocycles. The second-order valence-electron chi connectivity index (χ2n) is 3.96. The van der Waals surface area contributed by atoms with Gasteiger partial charge in [0.1, 0.15) is 11.9 Å². The zero-order valence-electron chi connectivity index (χ0n) is 9.84. The van der Waals surface area contributed by atoms with Crippen molar-refractivity contribution in [1.82, 2.24) is 9.55 Å². The van der Waals surface area contributed by atoms with Crippen molar-refractivity contribution in [2.75, 3.05) is 7.11 Å². The number of imidazole rings is 1. The number of methoxy groups -OCH3 is 1. The Morgan fingerprint density at radius 3 is 2.67 bits per heavy atom. The Hall–Kier alpha value is -0.870. The maximum Gasteiger partial charge on any atom is 0.140 e. The fourth-order valence-corrected chi connectivity index (χ4v) is 1.77. The second-order valence-corrected chi connectivity index (χ2v) is 3.96. The molecule has 0 saturated heterocycles. The molecule has 0 amide bonds. The lowest BCUT2D eigenvalue weighted by Crippen LogP contribution is -2.28. The molecule has 0 aliphatic rings.